The van der Waals surface area contributed by atoms with E-state index in [0.717, 1.165) is 18.4 Å². The summed E-state index contributed by atoms with van der Waals surface area (Å²) in [5.41, 5.74) is 7.37. The Balaban J connectivity index is 1.73. The van der Waals surface area contributed by atoms with Crippen LogP contribution in [0.5, 0.6) is 0 Å². The van der Waals surface area contributed by atoms with Gasteiger partial charge in [-0.2, -0.15) is 0 Å². The molecule has 1 aliphatic rings. The number of hydrogen-bond donors (Lipinski definition) is 2. The molecule has 0 radical (unpaired) electrons. The number of hydrogen-bond acceptors (Lipinski definition) is 4. The number of amides is 1. The molecular formula is C19H25N3O2. The molecule has 3 rings (SSSR count). The Hall–Kier alpha value is -2.14. The molecule has 1 heterocycles. The third-order valence-corrected chi connectivity index (χ3v) is 4.81. The predicted octanol–water partition coefficient (Wildman–Crippen LogP) is 3.29. The lowest BCUT2D eigenvalue weighted by atomic mass is 9.84. The molecule has 24 heavy (non-hydrogen) atoms. The maximum Gasteiger partial charge on any atom is 0.289 e. The number of carbonyl (C=O) groups is 1. The molecule has 1 aromatic heterocycles. The van der Waals surface area contributed by atoms with E-state index in [2.05, 4.69) is 10.3 Å². The number of nitrogens with two attached hydrogens (primary N) is 1. The van der Waals surface area contributed by atoms with Gasteiger partial charge in [0.05, 0.1) is 5.69 Å². The van der Waals surface area contributed by atoms with Gasteiger partial charge in [-0.05, 0) is 37.8 Å². The number of aromatic nitrogens is 1. The third-order valence-electron chi connectivity index (χ3n) is 4.81. The molecule has 2 aromatic rings. The van der Waals surface area contributed by atoms with Gasteiger partial charge < -0.3 is 15.5 Å². The van der Waals surface area contributed by atoms with E-state index in [4.69, 9.17) is 10.2 Å². The number of carbonyl (C=O) groups excluding carboxylic acids is 1. The lowest BCUT2D eigenvalue weighted by Gasteiger charge is -2.29. The van der Waals surface area contributed by atoms with Crippen molar-refractivity contribution in [2.24, 2.45) is 11.7 Å². The minimum absolute atomic E-state index is 0.00229. The summed E-state index contributed by atoms with van der Waals surface area (Å²) in [4.78, 5) is 17.0. The molecule has 5 heteroatoms. The fraction of sp³-hybridized carbons (Fsp3) is 0.474. The fourth-order valence-corrected chi connectivity index (χ4v) is 3.45. The molecule has 1 atom stereocenters. The highest BCUT2D eigenvalue weighted by Gasteiger charge is 2.26. The standard InChI is InChI=1S/C19H25N3O2/c1-13-17(24-19(21-13)15-10-6-3-7-11-15)18(23)22-16(12-20)14-8-4-2-5-9-14/h3,6-7,10-11,14,16H,2,4-5,8-9,12,20H2,1H3,(H,22,23). The summed E-state index contributed by atoms with van der Waals surface area (Å²) in [6.07, 6.45) is 5.98. The predicted molar refractivity (Wildman–Crippen MR) is 93.6 cm³/mol. The van der Waals surface area contributed by atoms with Crippen LogP contribution in [-0.2, 0) is 0 Å². The lowest BCUT2D eigenvalue weighted by molar-refractivity contribution is 0.0887. The van der Waals surface area contributed by atoms with E-state index in [0.29, 0.717) is 24.0 Å². The Kier molecular flexibility index (Phi) is 5.30. The minimum atomic E-state index is -0.219. The average Bonchev–Trinajstić information content (AvgIpc) is 3.03. The molecule has 1 amide bonds. The normalized spacial score (nSPS) is 16.8. The van der Waals surface area contributed by atoms with Crippen LogP contribution < -0.4 is 11.1 Å². The van der Waals surface area contributed by atoms with Gasteiger partial charge in [0.15, 0.2) is 0 Å². The quantitative estimate of drug-likeness (QED) is 0.883. The summed E-state index contributed by atoms with van der Waals surface area (Å²) in [5.74, 6) is 0.996. The zero-order chi connectivity index (χ0) is 16.9. The molecule has 1 fully saturated rings. The molecule has 3 N–H and O–H groups in total. The fourth-order valence-electron chi connectivity index (χ4n) is 3.45. The van der Waals surface area contributed by atoms with E-state index < -0.39 is 0 Å². The van der Waals surface area contributed by atoms with Gasteiger partial charge in [-0.1, -0.05) is 37.5 Å². The monoisotopic (exact) mass is 327 g/mol. The number of nitrogens with zero attached hydrogens (tertiary/aromatic N) is 1. The third kappa shape index (κ3) is 3.67. The van der Waals surface area contributed by atoms with Crippen LogP contribution in [0, 0.1) is 12.8 Å². The highest BCUT2D eigenvalue weighted by atomic mass is 16.4. The van der Waals surface area contributed by atoms with Gasteiger partial charge in [0.2, 0.25) is 11.7 Å². The van der Waals surface area contributed by atoms with Crippen LogP contribution in [0.25, 0.3) is 11.5 Å². The van der Waals surface area contributed by atoms with Crippen LogP contribution >= 0.6 is 0 Å². The zero-order valence-corrected chi connectivity index (χ0v) is 14.1. The van der Waals surface area contributed by atoms with E-state index in [1.54, 1.807) is 6.92 Å². The summed E-state index contributed by atoms with van der Waals surface area (Å²) in [5, 5.41) is 3.06. The highest BCUT2D eigenvalue weighted by molar-refractivity contribution is 5.93. The number of rotatable bonds is 5. The van der Waals surface area contributed by atoms with Gasteiger partial charge in [0.1, 0.15) is 0 Å². The molecule has 1 aliphatic carbocycles. The molecule has 1 saturated carbocycles. The van der Waals surface area contributed by atoms with Crippen molar-refractivity contribution in [2.75, 3.05) is 6.54 Å². The highest BCUT2D eigenvalue weighted by Crippen LogP contribution is 2.27. The van der Waals surface area contributed by atoms with E-state index >= 15 is 0 Å². The summed E-state index contributed by atoms with van der Waals surface area (Å²) in [7, 11) is 0. The zero-order valence-electron chi connectivity index (χ0n) is 14.1. The number of oxazole rings is 1. The second-order valence-corrected chi connectivity index (χ2v) is 6.51. The smallest absolute Gasteiger partial charge is 0.289 e. The summed E-state index contributed by atoms with van der Waals surface area (Å²) >= 11 is 0. The molecule has 1 unspecified atom stereocenters. The largest absolute Gasteiger partial charge is 0.431 e. The van der Waals surface area contributed by atoms with Crippen LogP contribution in [0.4, 0.5) is 0 Å². The first-order valence-electron chi connectivity index (χ1n) is 8.73. The summed E-state index contributed by atoms with van der Waals surface area (Å²) in [6, 6.07) is 9.60. The van der Waals surface area contributed by atoms with Crippen molar-refractivity contribution in [1.82, 2.24) is 10.3 Å². The summed E-state index contributed by atoms with van der Waals surface area (Å²) in [6.45, 7) is 2.25. The van der Waals surface area contributed by atoms with Crippen molar-refractivity contribution in [3.63, 3.8) is 0 Å². The molecule has 0 aliphatic heterocycles. The van der Waals surface area contributed by atoms with E-state index in [1.807, 2.05) is 30.3 Å². The van der Waals surface area contributed by atoms with Gasteiger partial charge in [0, 0.05) is 18.2 Å². The van der Waals surface area contributed by atoms with Crippen molar-refractivity contribution in [3.8, 4) is 11.5 Å². The SMILES string of the molecule is Cc1nc(-c2ccccc2)oc1C(=O)NC(CN)C1CCCCC1. The number of benzene rings is 1. The van der Waals surface area contributed by atoms with Crippen molar-refractivity contribution in [1.29, 1.82) is 0 Å². The molecule has 0 saturated heterocycles. The van der Waals surface area contributed by atoms with Gasteiger partial charge in [0.25, 0.3) is 5.91 Å². The minimum Gasteiger partial charge on any atom is -0.431 e. The van der Waals surface area contributed by atoms with Crippen molar-refractivity contribution >= 4 is 5.91 Å². The number of aryl methyl sites for hydroxylation is 1. The van der Waals surface area contributed by atoms with E-state index in [-0.39, 0.29) is 17.7 Å². The second-order valence-electron chi connectivity index (χ2n) is 6.51. The van der Waals surface area contributed by atoms with Gasteiger partial charge in [-0.15, -0.1) is 0 Å². The molecule has 128 valence electrons. The van der Waals surface area contributed by atoms with Crippen LogP contribution in [0.2, 0.25) is 0 Å². The topological polar surface area (TPSA) is 81.2 Å². The Morgan fingerprint density at radius 2 is 2.00 bits per heavy atom. The molecule has 0 bridgehead atoms. The second kappa shape index (κ2) is 7.62. The molecule has 5 nitrogen and oxygen atoms in total. The lowest BCUT2D eigenvalue weighted by Crippen LogP contribution is -2.46. The first-order valence-corrected chi connectivity index (χ1v) is 8.73. The first-order chi connectivity index (χ1) is 11.7. The maximum absolute atomic E-state index is 12.6. The van der Waals surface area contributed by atoms with Crippen LogP contribution in [0.1, 0.15) is 48.4 Å². The van der Waals surface area contributed by atoms with E-state index in [9.17, 15) is 4.79 Å². The van der Waals surface area contributed by atoms with Crippen LogP contribution in [0.3, 0.4) is 0 Å². The van der Waals surface area contributed by atoms with Gasteiger partial charge in [-0.3, -0.25) is 4.79 Å². The molecule has 1 aromatic carbocycles. The molecular weight excluding hydrogens is 302 g/mol. The Morgan fingerprint density at radius 1 is 1.29 bits per heavy atom. The first kappa shape index (κ1) is 16.7. The Morgan fingerprint density at radius 3 is 2.67 bits per heavy atom. The van der Waals surface area contributed by atoms with Crippen LogP contribution in [-0.4, -0.2) is 23.5 Å². The van der Waals surface area contributed by atoms with Crippen LogP contribution in [0.15, 0.2) is 34.7 Å². The average molecular weight is 327 g/mol. The summed E-state index contributed by atoms with van der Waals surface area (Å²) < 4.78 is 5.73. The van der Waals surface area contributed by atoms with Crippen molar-refractivity contribution < 1.29 is 9.21 Å². The van der Waals surface area contributed by atoms with Crippen molar-refractivity contribution in [3.05, 3.63) is 41.8 Å². The maximum atomic E-state index is 12.6. The molecule has 0 spiro atoms. The Labute approximate surface area is 142 Å². The number of nitrogens with one attached hydrogen (secondary N) is 1. The van der Waals surface area contributed by atoms with Gasteiger partial charge in [-0.25, -0.2) is 4.98 Å². The van der Waals surface area contributed by atoms with Crippen molar-refractivity contribution in [2.45, 2.75) is 45.1 Å². The van der Waals surface area contributed by atoms with E-state index in [1.165, 1.54) is 19.3 Å². The van der Waals surface area contributed by atoms with Gasteiger partial charge >= 0.3 is 0 Å². The Bertz CT molecular complexity index is 675.